The standard InChI is InChI=1S/C14H20N4O3/c1-10-8-11(9-19)21-13(10)18-7-4-12(15-14(18)20)16-17-5-2-3-6-17/h4,7,11,13,19H,1-3,5-6,8-9H2,(H,15,16,20)/t11-,13+/m0/s1. The smallest absolute Gasteiger partial charge is 0.351 e. The predicted octanol–water partition coefficient (Wildman–Crippen LogP) is 0.502. The van der Waals surface area contributed by atoms with E-state index < -0.39 is 6.23 Å². The zero-order valence-electron chi connectivity index (χ0n) is 11.9. The van der Waals surface area contributed by atoms with Gasteiger partial charge in [0.1, 0.15) is 5.82 Å². The Hall–Kier alpha value is -1.70. The lowest BCUT2D eigenvalue weighted by Crippen LogP contribution is -2.31. The predicted molar refractivity (Wildman–Crippen MR) is 77.7 cm³/mol. The summed E-state index contributed by atoms with van der Waals surface area (Å²) in [5.74, 6) is 0.542. The van der Waals surface area contributed by atoms with Crippen molar-refractivity contribution in [1.29, 1.82) is 0 Å². The number of ether oxygens (including phenoxy) is 1. The monoisotopic (exact) mass is 292 g/mol. The van der Waals surface area contributed by atoms with Crippen molar-refractivity contribution < 1.29 is 9.84 Å². The van der Waals surface area contributed by atoms with Gasteiger partial charge in [0.25, 0.3) is 0 Å². The molecule has 1 aromatic rings. The molecule has 0 spiro atoms. The fourth-order valence-electron chi connectivity index (χ4n) is 2.73. The fraction of sp³-hybridized carbons (Fsp3) is 0.571. The molecule has 0 bridgehead atoms. The Kier molecular flexibility index (Phi) is 4.05. The van der Waals surface area contributed by atoms with Crippen molar-refractivity contribution in [2.45, 2.75) is 31.6 Å². The minimum Gasteiger partial charge on any atom is -0.394 e. The van der Waals surface area contributed by atoms with Crippen LogP contribution in [0.2, 0.25) is 0 Å². The van der Waals surface area contributed by atoms with Gasteiger partial charge in [-0.15, -0.1) is 0 Å². The highest BCUT2D eigenvalue weighted by Crippen LogP contribution is 2.31. The lowest BCUT2D eigenvalue weighted by Gasteiger charge is -2.18. The molecule has 0 aromatic carbocycles. The number of aliphatic hydroxyl groups is 1. The zero-order chi connectivity index (χ0) is 14.8. The second-order valence-corrected chi connectivity index (χ2v) is 5.46. The van der Waals surface area contributed by atoms with Gasteiger partial charge in [0.15, 0.2) is 6.23 Å². The minimum atomic E-state index is -0.539. The first kappa shape index (κ1) is 14.2. The number of anilines is 1. The van der Waals surface area contributed by atoms with E-state index in [1.807, 2.05) is 0 Å². The number of aliphatic hydroxyl groups excluding tert-OH is 1. The summed E-state index contributed by atoms with van der Waals surface area (Å²) in [6, 6.07) is 1.75. The molecule has 21 heavy (non-hydrogen) atoms. The van der Waals surface area contributed by atoms with Gasteiger partial charge in [0.2, 0.25) is 0 Å². The van der Waals surface area contributed by atoms with Gasteiger partial charge in [0.05, 0.1) is 12.7 Å². The van der Waals surface area contributed by atoms with Gasteiger partial charge in [-0.1, -0.05) is 6.58 Å². The van der Waals surface area contributed by atoms with Crippen LogP contribution in [0.25, 0.3) is 0 Å². The van der Waals surface area contributed by atoms with Gasteiger partial charge in [-0.3, -0.25) is 4.57 Å². The Balaban J connectivity index is 1.75. The third-order valence-corrected chi connectivity index (χ3v) is 3.83. The molecule has 7 nitrogen and oxygen atoms in total. The van der Waals surface area contributed by atoms with Crippen LogP contribution in [0.5, 0.6) is 0 Å². The first-order valence-electron chi connectivity index (χ1n) is 7.22. The molecule has 0 unspecified atom stereocenters. The van der Waals surface area contributed by atoms with Crippen LogP contribution in [0, 0.1) is 0 Å². The van der Waals surface area contributed by atoms with Crippen molar-refractivity contribution in [1.82, 2.24) is 14.6 Å². The third-order valence-electron chi connectivity index (χ3n) is 3.83. The summed E-state index contributed by atoms with van der Waals surface area (Å²) in [6.07, 6.45) is 3.69. The molecule has 2 N–H and O–H groups in total. The number of hydrazine groups is 1. The topological polar surface area (TPSA) is 79.6 Å². The molecule has 2 fully saturated rings. The maximum atomic E-state index is 12.2. The largest absolute Gasteiger partial charge is 0.394 e. The van der Waals surface area contributed by atoms with Crippen molar-refractivity contribution in [2.24, 2.45) is 0 Å². The highest BCUT2D eigenvalue weighted by Gasteiger charge is 2.30. The Morgan fingerprint density at radius 2 is 2.24 bits per heavy atom. The van der Waals surface area contributed by atoms with E-state index in [1.165, 1.54) is 4.57 Å². The summed E-state index contributed by atoms with van der Waals surface area (Å²) >= 11 is 0. The molecule has 2 atom stereocenters. The highest BCUT2D eigenvalue weighted by atomic mass is 16.5. The first-order valence-corrected chi connectivity index (χ1v) is 7.22. The molecular weight excluding hydrogens is 272 g/mol. The summed E-state index contributed by atoms with van der Waals surface area (Å²) in [7, 11) is 0. The molecule has 1 aromatic heterocycles. The number of nitrogens with one attached hydrogen (secondary N) is 1. The van der Waals surface area contributed by atoms with Gasteiger partial charge in [0, 0.05) is 25.7 Å². The molecule has 7 heteroatoms. The molecular formula is C14H20N4O3. The van der Waals surface area contributed by atoms with E-state index in [9.17, 15) is 4.79 Å². The molecule has 0 aliphatic carbocycles. The van der Waals surface area contributed by atoms with Crippen molar-refractivity contribution in [3.63, 3.8) is 0 Å². The van der Waals surface area contributed by atoms with Crippen LogP contribution in [-0.2, 0) is 4.74 Å². The first-order chi connectivity index (χ1) is 10.2. The Labute approximate surface area is 122 Å². The zero-order valence-corrected chi connectivity index (χ0v) is 11.9. The van der Waals surface area contributed by atoms with Crippen LogP contribution in [0.1, 0.15) is 25.5 Å². The summed E-state index contributed by atoms with van der Waals surface area (Å²) < 4.78 is 7.02. The SMILES string of the molecule is C=C1C[C@@H](CO)O[C@H]1n1ccc(NN2CCCC2)nc1=O. The van der Waals surface area contributed by atoms with E-state index in [1.54, 1.807) is 12.3 Å². The lowest BCUT2D eigenvalue weighted by molar-refractivity contribution is -0.0168. The second kappa shape index (κ2) is 5.97. The van der Waals surface area contributed by atoms with Gasteiger partial charge in [-0.25, -0.2) is 9.80 Å². The number of aromatic nitrogens is 2. The minimum absolute atomic E-state index is 0.0771. The van der Waals surface area contributed by atoms with Gasteiger partial charge in [-0.05, 0) is 24.5 Å². The van der Waals surface area contributed by atoms with Crippen LogP contribution in [0.3, 0.4) is 0 Å². The summed E-state index contributed by atoms with van der Waals surface area (Å²) in [5, 5.41) is 11.2. The van der Waals surface area contributed by atoms with Crippen LogP contribution < -0.4 is 11.1 Å². The van der Waals surface area contributed by atoms with Crippen molar-refractivity contribution in [3.05, 3.63) is 34.9 Å². The summed E-state index contributed by atoms with van der Waals surface area (Å²) in [5.41, 5.74) is 3.53. The fourth-order valence-corrected chi connectivity index (χ4v) is 2.73. The number of hydrogen-bond donors (Lipinski definition) is 2. The highest BCUT2D eigenvalue weighted by molar-refractivity contribution is 5.31. The maximum absolute atomic E-state index is 12.2. The maximum Gasteiger partial charge on any atom is 0.351 e. The summed E-state index contributed by atoms with van der Waals surface area (Å²) in [4.78, 5) is 16.2. The van der Waals surface area contributed by atoms with Crippen LogP contribution in [0.15, 0.2) is 29.2 Å². The molecule has 3 heterocycles. The number of rotatable bonds is 4. The van der Waals surface area contributed by atoms with Gasteiger partial charge >= 0.3 is 5.69 Å². The van der Waals surface area contributed by atoms with E-state index in [4.69, 9.17) is 9.84 Å². The second-order valence-electron chi connectivity index (χ2n) is 5.46. The molecule has 2 saturated heterocycles. The number of hydrogen-bond acceptors (Lipinski definition) is 6. The van der Waals surface area contributed by atoms with Crippen molar-refractivity contribution in [2.75, 3.05) is 25.1 Å². The average molecular weight is 292 g/mol. The molecule has 0 amide bonds. The van der Waals surface area contributed by atoms with Crippen LogP contribution in [0.4, 0.5) is 5.82 Å². The summed E-state index contributed by atoms with van der Waals surface area (Å²) in [6.45, 7) is 5.76. The molecule has 2 aliphatic rings. The Morgan fingerprint density at radius 3 is 2.86 bits per heavy atom. The lowest BCUT2D eigenvalue weighted by atomic mass is 10.2. The van der Waals surface area contributed by atoms with E-state index >= 15 is 0 Å². The van der Waals surface area contributed by atoms with Gasteiger partial charge in [-0.2, -0.15) is 4.98 Å². The molecule has 3 rings (SSSR count). The quantitative estimate of drug-likeness (QED) is 0.787. The molecule has 0 saturated carbocycles. The van der Waals surface area contributed by atoms with Crippen molar-refractivity contribution >= 4 is 5.82 Å². The molecule has 0 radical (unpaired) electrons. The normalized spacial score (nSPS) is 26.4. The molecule has 114 valence electrons. The van der Waals surface area contributed by atoms with E-state index in [0.29, 0.717) is 12.2 Å². The Bertz CT molecular complexity index is 580. The van der Waals surface area contributed by atoms with E-state index in [-0.39, 0.29) is 18.4 Å². The van der Waals surface area contributed by atoms with Crippen molar-refractivity contribution in [3.8, 4) is 0 Å². The third kappa shape index (κ3) is 2.99. The average Bonchev–Trinajstić information content (AvgIpc) is 3.09. The number of nitrogens with zero attached hydrogens (tertiary/aromatic N) is 3. The Morgan fingerprint density at radius 1 is 1.48 bits per heavy atom. The molecule has 2 aliphatic heterocycles. The van der Waals surface area contributed by atoms with E-state index in [2.05, 4.69) is 22.0 Å². The van der Waals surface area contributed by atoms with E-state index in [0.717, 1.165) is 31.5 Å². The van der Waals surface area contributed by atoms with Crippen LogP contribution in [-0.4, -0.2) is 45.5 Å². The van der Waals surface area contributed by atoms with Gasteiger partial charge < -0.3 is 15.3 Å². The van der Waals surface area contributed by atoms with Crippen LogP contribution >= 0.6 is 0 Å².